The first kappa shape index (κ1) is 13.8. The highest BCUT2D eigenvalue weighted by Gasteiger charge is 2.20. The quantitative estimate of drug-likeness (QED) is 0.925. The van der Waals surface area contributed by atoms with E-state index in [-0.39, 0.29) is 0 Å². The van der Waals surface area contributed by atoms with Crippen LogP contribution in [0, 0.1) is 6.92 Å². The molecule has 1 unspecified atom stereocenters. The number of anilines is 1. The second-order valence-corrected chi connectivity index (χ2v) is 5.62. The maximum atomic E-state index is 5.79. The van der Waals surface area contributed by atoms with Crippen LogP contribution in [0.2, 0.25) is 0 Å². The number of rotatable bonds is 4. The lowest BCUT2D eigenvalue weighted by molar-refractivity contribution is 0.0358. The molecule has 1 aliphatic rings. The van der Waals surface area contributed by atoms with Crippen molar-refractivity contribution in [3.8, 4) is 0 Å². The first-order chi connectivity index (χ1) is 8.70. The van der Waals surface area contributed by atoms with E-state index in [1.54, 1.807) is 0 Å². The SMILES string of the molecule is CNCCC1CN(c2ccc(C)c(Br)c2)CCO1. The van der Waals surface area contributed by atoms with Gasteiger partial charge in [-0.25, -0.2) is 0 Å². The van der Waals surface area contributed by atoms with Crippen molar-refractivity contribution in [2.75, 3.05) is 38.2 Å². The molecule has 18 heavy (non-hydrogen) atoms. The highest BCUT2D eigenvalue weighted by Crippen LogP contribution is 2.25. The molecule has 0 amide bonds. The van der Waals surface area contributed by atoms with Crippen molar-refractivity contribution < 1.29 is 4.74 Å². The molecule has 1 N–H and O–H groups in total. The van der Waals surface area contributed by atoms with E-state index in [2.05, 4.69) is 51.3 Å². The first-order valence-corrected chi connectivity index (χ1v) is 7.27. The summed E-state index contributed by atoms with van der Waals surface area (Å²) in [4.78, 5) is 2.41. The molecule has 1 aromatic carbocycles. The van der Waals surface area contributed by atoms with Gasteiger partial charge in [0.05, 0.1) is 12.7 Å². The lowest BCUT2D eigenvalue weighted by Gasteiger charge is -2.34. The molecule has 0 bridgehead atoms. The van der Waals surface area contributed by atoms with Crippen LogP contribution in [0.5, 0.6) is 0 Å². The predicted molar refractivity (Wildman–Crippen MR) is 79.4 cm³/mol. The number of hydrogen-bond acceptors (Lipinski definition) is 3. The zero-order valence-corrected chi connectivity index (χ0v) is 12.7. The largest absolute Gasteiger partial charge is 0.374 e. The molecule has 0 aliphatic carbocycles. The van der Waals surface area contributed by atoms with Crippen molar-refractivity contribution in [2.24, 2.45) is 0 Å². The lowest BCUT2D eigenvalue weighted by atomic mass is 10.1. The van der Waals surface area contributed by atoms with E-state index in [1.165, 1.54) is 15.7 Å². The predicted octanol–water partition coefficient (Wildman–Crippen LogP) is 2.57. The first-order valence-electron chi connectivity index (χ1n) is 6.48. The van der Waals surface area contributed by atoms with Crippen LogP contribution < -0.4 is 10.2 Å². The molecule has 1 fully saturated rings. The average molecular weight is 313 g/mol. The maximum Gasteiger partial charge on any atom is 0.0762 e. The molecule has 0 saturated carbocycles. The summed E-state index contributed by atoms with van der Waals surface area (Å²) < 4.78 is 6.97. The van der Waals surface area contributed by atoms with Gasteiger partial charge < -0.3 is 15.0 Å². The molecule has 3 nitrogen and oxygen atoms in total. The smallest absolute Gasteiger partial charge is 0.0762 e. The Labute approximate surface area is 118 Å². The maximum absolute atomic E-state index is 5.79. The van der Waals surface area contributed by atoms with Gasteiger partial charge in [0.2, 0.25) is 0 Å². The van der Waals surface area contributed by atoms with E-state index in [0.717, 1.165) is 32.7 Å². The van der Waals surface area contributed by atoms with Gasteiger partial charge in [-0.2, -0.15) is 0 Å². The Bertz CT molecular complexity index is 397. The van der Waals surface area contributed by atoms with Crippen molar-refractivity contribution >= 4 is 21.6 Å². The summed E-state index contributed by atoms with van der Waals surface area (Å²) in [6, 6.07) is 6.56. The fraction of sp³-hybridized carbons (Fsp3) is 0.571. The highest BCUT2D eigenvalue weighted by molar-refractivity contribution is 9.10. The summed E-state index contributed by atoms with van der Waals surface area (Å²) in [5, 5.41) is 3.18. The van der Waals surface area contributed by atoms with Gasteiger partial charge in [0.15, 0.2) is 0 Å². The summed E-state index contributed by atoms with van der Waals surface area (Å²) >= 11 is 3.60. The van der Waals surface area contributed by atoms with E-state index in [1.807, 2.05) is 7.05 Å². The zero-order chi connectivity index (χ0) is 13.0. The van der Waals surface area contributed by atoms with Gasteiger partial charge >= 0.3 is 0 Å². The Balaban J connectivity index is 2.01. The molecule has 100 valence electrons. The number of nitrogens with one attached hydrogen (secondary N) is 1. The standard InChI is InChI=1S/C14H21BrN2O/c1-11-3-4-12(9-14(11)15)17-7-8-18-13(10-17)5-6-16-2/h3-4,9,13,16H,5-8,10H2,1-2H3. The Kier molecular flexibility index (Phi) is 5.03. The minimum absolute atomic E-state index is 0.339. The van der Waals surface area contributed by atoms with Crippen molar-refractivity contribution in [1.82, 2.24) is 5.32 Å². The number of nitrogens with zero attached hydrogens (tertiary/aromatic N) is 1. The molecular formula is C14H21BrN2O. The molecular weight excluding hydrogens is 292 g/mol. The van der Waals surface area contributed by atoms with E-state index in [0.29, 0.717) is 6.10 Å². The molecule has 2 rings (SSSR count). The van der Waals surface area contributed by atoms with Gasteiger partial charge in [-0.3, -0.25) is 0 Å². The van der Waals surface area contributed by atoms with Crippen LogP contribution in [0.15, 0.2) is 22.7 Å². The fourth-order valence-corrected chi connectivity index (χ4v) is 2.58. The fourth-order valence-electron chi connectivity index (χ4n) is 2.21. The minimum Gasteiger partial charge on any atom is -0.374 e. The van der Waals surface area contributed by atoms with Crippen LogP contribution in [0.4, 0.5) is 5.69 Å². The Morgan fingerprint density at radius 3 is 3.06 bits per heavy atom. The van der Waals surface area contributed by atoms with Gasteiger partial charge in [-0.15, -0.1) is 0 Å². The van der Waals surface area contributed by atoms with E-state index < -0.39 is 0 Å². The number of hydrogen-bond donors (Lipinski definition) is 1. The molecule has 1 atom stereocenters. The molecule has 0 spiro atoms. The summed E-state index contributed by atoms with van der Waals surface area (Å²) in [5.74, 6) is 0. The number of morpholine rings is 1. The Hall–Kier alpha value is -0.580. The van der Waals surface area contributed by atoms with Crippen LogP contribution >= 0.6 is 15.9 Å². The van der Waals surface area contributed by atoms with Crippen LogP contribution in [-0.2, 0) is 4.74 Å². The summed E-state index contributed by atoms with van der Waals surface area (Å²) in [5.41, 5.74) is 2.56. The second kappa shape index (κ2) is 6.55. The van der Waals surface area contributed by atoms with E-state index in [9.17, 15) is 0 Å². The molecule has 1 saturated heterocycles. The molecule has 4 heteroatoms. The summed E-state index contributed by atoms with van der Waals surface area (Å²) in [6.45, 7) is 5.90. The minimum atomic E-state index is 0.339. The van der Waals surface area contributed by atoms with Crippen LogP contribution in [-0.4, -0.2) is 39.4 Å². The normalized spacial score (nSPS) is 20.2. The number of halogens is 1. The van der Waals surface area contributed by atoms with Crippen molar-refractivity contribution in [3.05, 3.63) is 28.2 Å². The molecule has 1 aliphatic heterocycles. The highest BCUT2D eigenvalue weighted by atomic mass is 79.9. The molecule has 0 aromatic heterocycles. The number of ether oxygens (including phenoxy) is 1. The van der Waals surface area contributed by atoms with Crippen molar-refractivity contribution in [1.29, 1.82) is 0 Å². The molecule has 0 radical (unpaired) electrons. The van der Waals surface area contributed by atoms with Gasteiger partial charge in [0.1, 0.15) is 0 Å². The van der Waals surface area contributed by atoms with Gasteiger partial charge in [-0.1, -0.05) is 22.0 Å². The number of aryl methyl sites for hydroxylation is 1. The molecule has 1 aromatic rings. The summed E-state index contributed by atoms with van der Waals surface area (Å²) in [7, 11) is 1.98. The third-order valence-electron chi connectivity index (χ3n) is 3.38. The van der Waals surface area contributed by atoms with E-state index in [4.69, 9.17) is 4.74 Å². The van der Waals surface area contributed by atoms with Crippen LogP contribution in [0.3, 0.4) is 0 Å². The zero-order valence-electron chi connectivity index (χ0n) is 11.1. The van der Waals surface area contributed by atoms with Gasteiger partial charge in [-0.05, 0) is 44.6 Å². The monoisotopic (exact) mass is 312 g/mol. The number of benzene rings is 1. The van der Waals surface area contributed by atoms with Crippen LogP contribution in [0.1, 0.15) is 12.0 Å². The van der Waals surface area contributed by atoms with Gasteiger partial charge in [0, 0.05) is 23.2 Å². The average Bonchev–Trinajstić information content (AvgIpc) is 2.40. The van der Waals surface area contributed by atoms with Crippen LogP contribution in [0.25, 0.3) is 0 Å². The topological polar surface area (TPSA) is 24.5 Å². The third kappa shape index (κ3) is 3.46. The van der Waals surface area contributed by atoms with Crippen molar-refractivity contribution in [2.45, 2.75) is 19.4 Å². The lowest BCUT2D eigenvalue weighted by Crippen LogP contribution is -2.43. The molecule has 1 heterocycles. The van der Waals surface area contributed by atoms with Gasteiger partial charge in [0.25, 0.3) is 0 Å². The van der Waals surface area contributed by atoms with Crippen molar-refractivity contribution in [3.63, 3.8) is 0 Å². The third-order valence-corrected chi connectivity index (χ3v) is 4.23. The Morgan fingerprint density at radius 1 is 1.50 bits per heavy atom. The second-order valence-electron chi connectivity index (χ2n) is 4.76. The Morgan fingerprint density at radius 2 is 2.33 bits per heavy atom. The van der Waals surface area contributed by atoms with E-state index >= 15 is 0 Å². The summed E-state index contributed by atoms with van der Waals surface area (Å²) in [6.07, 6.45) is 1.41.